The molecule has 4 aromatic rings. The number of sulfonamides is 1. The fourth-order valence-electron chi connectivity index (χ4n) is 3.58. The average Bonchev–Trinajstić information content (AvgIpc) is 3.19. The number of amides is 1. The second kappa shape index (κ2) is 8.94. The van der Waals surface area contributed by atoms with E-state index in [0.717, 1.165) is 5.56 Å². The van der Waals surface area contributed by atoms with E-state index in [1.54, 1.807) is 13.8 Å². The highest BCUT2D eigenvalue weighted by Crippen LogP contribution is 2.29. The molecule has 0 bridgehead atoms. The van der Waals surface area contributed by atoms with Gasteiger partial charge >= 0.3 is 0 Å². The van der Waals surface area contributed by atoms with Crippen LogP contribution in [0.25, 0.3) is 16.9 Å². The first-order valence-corrected chi connectivity index (χ1v) is 11.8. The number of nitrogens with one attached hydrogen (secondary N) is 1. The Bertz CT molecular complexity index is 1340. The maximum Gasteiger partial charge on any atom is 0.256 e. The predicted octanol–water partition coefficient (Wildman–Crippen LogP) is 4.28. The summed E-state index contributed by atoms with van der Waals surface area (Å²) in [5.74, 6) is 0.205. The van der Waals surface area contributed by atoms with E-state index in [2.05, 4.69) is 10.3 Å². The molecule has 4 rings (SSSR count). The Morgan fingerprint density at radius 2 is 1.59 bits per heavy atom. The van der Waals surface area contributed by atoms with E-state index in [1.165, 1.54) is 28.6 Å². The Hall–Kier alpha value is -3.49. The van der Waals surface area contributed by atoms with Gasteiger partial charge in [-0.25, -0.2) is 13.4 Å². The first-order valence-electron chi connectivity index (χ1n) is 10.4. The fraction of sp³-hybridized carbons (Fsp3) is 0.167. The van der Waals surface area contributed by atoms with Gasteiger partial charge in [0.1, 0.15) is 17.2 Å². The zero-order valence-corrected chi connectivity index (χ0v) is 18.7. The van der Waals surface area contributed by atoms with Gasteiger partial charge in [0.05, 0.1) is 4.90 Å². The first kappa shape index (κ1) is 21.7. The highest BCUT2D eigenvalue weighted by molar-refractivity contribution is 7.89. The first-order chi connectivity index (χ1) is 15.5. The molecule has 0 fully saturated rings. The lowest BCUT2D eigenvalue weighted by atomic mass is 10.1. The lowest BCUT2D eigenvalue weighted by Gasteiger charge is -2.18. The van der Waals surface area contributed by atoms with Crippen molar-refractivity contribution in [3.63, 3.8) is 0 Å². The van der Waals surface area contributed by atoms with Gasteiger partial charge in [-0.05, 0) is 36.4 Å². The number of carbonyl (C=O) groups is 1. The summed E-state index contributed by atoms with van der Waals surface area (Å²) in [6.07, 6.45) is 1.84. The molecular formula is C24H24N4O3S. The fourth-order valence-corrected chi connectivity index (χ4v) is 5.04. The molecular weight excluding hydrogens is 424 g/mol. The molecule has 2 aromatic heterocycles. The lowest BCUT2D eigenvalue weighted by molar-refractivity contribution is 0.102. The Kier molecular flexibility index (Phi) is 6.07. The molecule has 164 valence electrons. The molecule has 0 aliphatic rings. The van der Waals surface area contributed by atoms with Crippen molar-refractivity contribution in [1.29, 1.82) is 0 Å². The van der Waals surface area contributed by atoms with Crippen LogP contribution in [-0.2, 0) is 10.0 Å². The zero-order chi connectivity index (χ0) is 22.7. The quantitative estimate of drug-likeness (QED) is 0.457. The molecule has 32 heavy (non-hydrogen) atoms. The van der Waals surface area contributed by atoms with Crippen LogP contribution in [-0.4, -0.2) is 41.1 Å². The lowest BCUT2D eigenvalue weighted by Crippen LogP contribution is -2.30. The second-order valence-electron chi connectivity index (χ2n) is 7.17. The number of rotatable bonds is 7. The summed E-state index contributed by atoms with van der Waals surface area (Å²) in [5.41, 5.74) is 2.61. The molecule has 2 heterocycles. The summed E-state index contributed by atoms with van der Waals surface area (Å²) in [6, 6.07) is 21.2. The summed E-state index contributed by atoms with van der Waals surface area (Å²) in [4.78, 5) is 17.9. The van der Waals surface area contributed by atoms with Crippen molar-refractivity contribution in [3.8, 4) is 11.3 Å². The van der Waals surface area contributed by atoms with Gasteiger partial charge in [0.25, 0.3) is 5.91 Å². The van der Waals surface area contributed by atoms with Crippen LogP contribution in [0.15, 0.2) is 83.9 Å². The van der Waals surface area contributed by atoms with Crippen LogP contribution < -0.4 is 5.32 Å². The average molecular weight is 449 g/mol. The molecule has 2 aromatic carbocycles. The van der Waals surface area contributed by atoms with E-state index in [-0.39, 0.29) is 10.8 Å². The number of benzene rings is 2. The van der Waals surface area contributed by atoms with Crippen LogP contribution in [0.3, 0.4) is 0 Å². The highest BCUT2D eigenvalue weighted by Gasteiger charge is 2.22. The van der Waals surface area contributed by atoms with Crippen LogP contribution in [0.4, 0.5) is 5.82 Å². The Balaban J connectivity index is 1.67. The molecule has 8 heteroatoms. The number of hydrogen-bond acceptors (Lipinski definition) is 4. The standard InChI is InChI=1S/C24H24N4O3S/c1-3-27(4-2)32(30,31)20-15-13-19(14-16-20)24(29)26-23-22(18-10-6-5-7-11-18)25-21-12-8-9-17-28(21)23/h5-17H,3-4H2,1-2H3,(H,26,29). The molecule has 0 aliphatic carbocycles. The minimum absolute atomic E-state index is 0.164. The maximum atomic E-state index is 13.0. The van der Waals surface area contributed by atoms with Crippen LogP contribution in [0, 0.1) is 0 Å². The zero-order valence-electron chi connectivity index (χ0n) is 17.9. The number of aromatic nitrogens is 2. The Morgan fingerprint density at radius 3 is 2.25 bits per heavy atom. The van der Waals surface area contributed by atoms with E-state index in [9.17, 15) is 13.2 Å². The van der Waals surface area contributed by atoms with Gasteiger partial charge in [0.2, 0.25) is 10.0 Å². The molecule has 0 atom stereocenters. The van der Waals surface area contributed by atoms with E-state index in [0.29, 0.717) is 35.8 Å². The summed E-state index contributed by atoms with van der Waals surface area (Å²) in [5, 5.41) is 2.95. The minimum Gasteiger partial charge on any atom is -0.306 e. The number of fused-ring (bicyclic) bond motifs is 1. The summed E-state index contributed by atoms with van der Waals surface area (Å²) in [6.45, 7) is 4.36. The SMILES string of the molecule is CCN(CC)S(=O)(=O)c1ccc(C(=O)Nc2c(-c3ccccc3)nc3ccccn23)cc1. The molecule has 1 N–H and O–H groups in total. The molecule has 0 aliphatic heterocycles. The summed E-state index contributed by atoms with van der Waals surface area (Å²) >= 11 is 0. The van der Waals surface area contributed by atoms with Crippen molar-refractivity contribution >= 4 is 27.4 Å². The van der Waals surface area contributed by atoms with Crippen molar-refractivity contribution in [2.45, 2.75) is 18.7 Å². The minimum atomic E-state index is -3.58. The van der Waals surface area contributed by atoms with Gasteiger partial charge in [0, 0.05) is 30.4 Å². The molecule has 0 saturated carbocycles. The number of carbonyl (C=O) groups excluding carboxylic acids is 1. The summed E-state index contributed by atoms with van der Waals surface area (Å²) in [7, 11) is -3.58. The van der Waals surface area contributed by atoms with Crippen LogP contribution in [0.5, 0.6) is 0 Å². The topological polar surface area (TPSA) is 83.8 Å². The molecule has 0 saturated heterocycles. The highest BCUT2D eigenvalue weighted by atomic mass is 32.2. The monoisotopic (exact) mass is 448 g/mol. The van der Waals surface area contributed by atoms with Crippen LogP contribution in [0.2, 0.25) is 0 Å². The number of hydrogen-bond donors (Lipinski definition) is 1. The van der Waals surface area contributed by atoms with E-state index >= 15 is 0 Å². The van der Waals surface area contributed by atoms with Crippen molar-refractivity contribution in [2.24, 2.45) is 0 Å². The maximum absolute atomic E-state index is 13.0. The molecule has 0 spiro atoms. The van der Waals surface area contributed by atoms with E-state index in [4.69, 9.17) is 0 Å². The second-order valence-corrected chi connectivity index (χ2v) is 9.11. The predicted molar refractivity (Wildman–Crippen MR) is 125 cm³/mol. The Morgan fingerprint density at radius 1 is 0.938 bits per heavy atom. The van der Waals surface area contributed by atoms with Gasteiger partial charge in [-0.15, -0.1) is 0 Å². The number of pyridine rings is 1. The van der Waals surface area contributed by atoms with Crippen LogP contribution in [0.1, 0.15) is 24.2 Å². The normalized spacial score (nSPS) is 11.7. The molecule has 7 nitrogen and oxygen atoms in total. The third-order valence-corrected chi connectivity index (χ3v) is 7.33. The largest absolute Gasteiger partial charge is 0.306 e. The molecule has 1 amide bonds. The van der Waals surface area contributed by atoms with Gasteiger partial charge in [-0.2, -0.15) is 4.31 Å². The number of anilines is 1. The number of imidazole rings is 1. The third kappa shape index (κ3) is 4.02. The van der Waals surface area contributed by atoms with E-state index in [1.807, 2.05) is 59.1 Å². The van der Waals surface area contributed by atoms with Gasteiger partial charge < -0.3 is 5.32 Å². The molecule has 0 radical (unpaired) electrons. The van der Waals surface area contributed by atoms with E-state index < -0.39 is 10.0 Å². The molecule has 0 unspecified atom stereocenters. The third-order valence-electron chi connectivity index (χ3n) is 5.27. The smallest absolute Gasteiger partial charge is 0.256 e. The van der Waals surface area contributed by atoms with Gasteiger partial charge in [-0.1, -0.05) is 50.2 Å². The Labute approximate surface area is 187 Å². The van der Waals surface area contributed by atoms with Crippen molar-refractivity contribution < 1.29 is 13.2 Å². The van der Waals surface area contributed by atoms with Gasteiger partial charge in [0.15, 0.2) is 0 Å². The van der Waals surface area contributed by atoms with Crippen molar-refractivity contribution in [1.82, 2.24) is 13.7 Å². The van der Waals surface area contributed by atoms with Crippen LogP contribution >= 0.6 is 0 Å². The van der Waals surface area contributed by atoms with Gasteiger partial charge in [-0.3, -0.25) is 9.20 Å². The number of nitrogens with zero attached hydrogens (tertiary/aromatic N) is 3. The van der Waals surface area contributed by atoms with Crippen molar-refractivity contribution in [2.75, 3.05) is 18.4 Å². The summed E-state index contributed by atoms with van der Waals surface area (Å²) < 4.78 is 28.6. The van der Waals surface area contributed by atoms with Crippen molar-refractivity contribution in [3.05, 3.63) is 84.6 Å².